The number of hydrogen-bond acceptors (Lipinski definition) is 3. The molecule has 0 aliphatic rings. The zero-order chi connectivity index (χ0) is 11.4. The van der Waals surface area contributed by atoms with Crippen molar-refractivity contribution in [2.24, 2.45) is 0 Å². The molecule has 0 saturated carbocycles. The van der Waals surface area contributed by atoms with Crippen LogP contribution in [0.2, 0.25) is 0 Å². The number of rotatable bonds is 3. The van der Waals surface area contributed by atoms with Gasteiger partial charge in [0.15, 0.2) is 0 Å². The lowest BCUT2D eigenvalue weighted by Crippen LogP contribution is -2.23. The molecule has 0 radical (unpaired) electrons. The second-order valence-corrected chi connectivity index (χ2v) is 3.73. The molecule has 82 valence electrons. The van der Waals surface area contributed by atoms with Crippen molar-refractivity contribution in [2.45, 2.75) is 26.7 Å². The van der Waals surface area contributed by atoms with Gasteiger partial charge in [0.25, 0.3) is 5.91 Å². The summed E-state index contributed by atoms with van der Waals surface area (Å²) in [7, 11) is 3.45. The maximum atomic E-state index is 11.7. The highest BCUT2D eigenvalue weighted by Gasteiger charge is 2.12. The van der Waals surface area contributed by atoms with Gasteiger partial charge in [-0.15, -0.1) is 0 Å². The summed E-state index contributed by atoms with van der Waals surface area (Å²) < 4.78 is 0. The smallest absolute Gasteiger partial charge is 0.256 e. The van der Waals surface area contributed by atoms with Gasteiger partial charge in [0.2, 0.25) is 0 Å². The number of aryl methyl sites for hydroxylation is 2. The zero-order valence-electron chi connectivity index (χ0n) is 9.74. The Labute approximate surface area is 90.3 Å². The van der Waals surface area contributed by atoms with Crippen LogP contribution >= 0.6 is 0 Å². The van der Waals surface area contributed by atoms with Crippen LogP contribution in [0.5, 0.6) is 0 Å². The molecule has 15 heavy (non-hydrogen) atoms. The van der Waals surface area contributed by atoms with E-state index in [9.17, 15) is 4.79 Å². The molecule has 1 aromatic rings. The van der Waals surface area contributed by atoms with Gasteiger partial charge < -0.3 is 4.90 Å². The fourth-order valence-corrected chi connectivity index (χ4v) is 1.31. The molecule has 0 fully saturated rings. The predicted molar refractivity (Wildman–Crippen MR) is 58.8 cm³/mol. The minimum atomic E-state index is -0.0458. The summed E-state index contributed by atoms with van der Waals surface area (Å²) in [5, 5.41) is 0. The highest BCUT2D eigenvalue weighted by Crippen LogP contribution is 2.07. The SMILES string of the molecule is CCCc1ncc(C(=O)N(C)C)c(C)n1. The van der Waals surface area contributed by atoms with Crippen LogP contribution in [0.25, 0.3) is 0 Å². The average Bonchev–Trinajstić information content (AvgIpc) is 2.17. The van der Waals surface area contributed by atoms with Crippen LogP contribution in [0.4, 0.5) is 0 Å². The number of aromatic nitrogens is 2. The predicted octanol–water partition coefficient (Wildman–Crippen LogP) is 1.44. The van der Waals surface area contributed by atoms with E-state index in [1.807, 2.05) is 6.92 Å². The van der Waals surface area contributed by atoms with Crippen LogP contribution < -0.4 is 0 Å². The molecular weight excluding hydrogens is 190 g/mol. The van der Waals surface area contributed by atoms with Crippen molar-refractivity contribution in [1.29, 1.82) is 0 Å². The van der Waals surface area contributed by atoms with Gasteiger partial charge in [0, 0.05) is 26.7 Å². The molecular formula is C11H17N3O. The largest absolute Gasteiger partial charge is 0.345 e. The van der Waals surface area contributed by atoms with Gasteiger partial charge in [-0.1, -0.05) is 6.92 Å². The number of carbonyl (C=O) groups excluding carboxylic acids is 1. The third-order valence-corrected chi connectivity index (χ3v) is 2.14. The van der Waals surface area contributed by atoms with Crippen LogP contribution in [0.3, 0.4) is 0 Å². The van der Waals surface area contributed by atoms with E-state index in [4.69, 9.17) is 0 Å². The molecule has 1 amide bonds. The highest BCUT2D eigenvalue weighted by atomic mass is 16.2. The van der Waals surface area contributed by atoms with Crippen LogP contribution in [0.15, 0.2) is 6.20 Å². The third-order valence-electron chi connectivity index (χ3n) is 2.14. The highest BCUT2D eigenvalue weighted by molar-refractivity contribution is 5.94. The summed E-state index contributed by atoms with van der Waals surface area (Å²) in [4.78, 5) is 21.7. The Bertz CT molecular complexity index is 361. The maximum Gasteiger partial charge on any atom is 0.256 e. The Morgan fingerprint density at radius 1 is 1.47 bits per heavy atom. The normalized spacial score (nSPS) is 10.1. The third kappa shape index (κ3) is 2.75. The van der Waals surface area contributed by atoms with Crippen molar-refractivity contribution in [2.75, 3.05) is 14.1 Å². The van der Waals surface area contributed by atoms with Crippen LogP contribution in [-0.2, 0) is 6.42 Å². The van der Waals surface area contributed by atoms with E-state index < -0.39 is 0 Å². The minimum absolute atomic E-state index is 0.0458. The first-order valence-corrected chi connectivity index (χ1v) is 5.10. The number of amides is 1. The second kappa shape index (κ2) is 4.87. The Morgan fingerprint density at radius 2 is 2.13 bits per heavy atom. The summed E-state index contributed by atoms with van der Waals surface area (Å²) in [5.74, 6) is 0.765. The lowest BCUT2D eigenvalue weighted by molar-refractivity contribution is 0.0826. The standard InChI is InChI=1S/C11H17N3O/c1-5-6-10-12-7-9(8(2)13-10)11(15)14(3)4/h7H,5-6H2,1-4H3. The van der Waals surface area contributed by atoms with Crippen molar-refractivity contribution in [3.8, 4) is 0 Å². The van der Waals surface area contributed by atoms with Crippen molar-refractivity contribution >= 4 is 5.91 Å². The molecule has 4 heteroatoms. The van der Waals surface area contributed by atoms with Crippen LogP contribution in [0.1, 0.15) is 35.2 Å². The molecule has 0 N–H and O–H groups in total. The van der Waals surface area contributed by atoms with Gasteiger partial charge in [0.05, 0.1) is 11.3 Å². The first-order valence-electron chi connectivity index (χ1n) is 5.10. The van der Waals surface area contributed by atoms with Gasteiger partial charge in [-0.05, 0) is 13.3 Å². The monoisotopic (exact) mass is 207 g/mol. The lowest BCUT2D eigenvalue weighted by Gasteiger charge is -2.11. The van der Waals surface area contributed by atoms with E-state index in [1.54, 1.807) is 20.3 Å². The molecule has 0 bridgehead atoms. The molecule has 1 aromatic heterocycles. The van der Waals surface area contributed by atoms with E-state index in [2.05, 4.69) is 16.9 Å². The summed E-state index contributed by atoms with van der Waals surface area (Å²) in [6.07, 6.45) is 3.49. The molecule has 1 heterocycles. The van der Waals surface area contributed by atoms with Gasteiger partial charge in [-0.3, -0.25) is 4.79 Å². The van der Waals surface area contributed by atoms with E-state index in [-0.39, 0.29) is 5.91 Å². The molecule has 1 rings (SSSR count). The first-order chi connectivity index (χ1) is 7.06. The average molecular weight is 207 g/mol. The van der Waals surface area contributed by atoms with E-state index >= 15 is 0 Å². The first kappa shape index (κ1) is 11.6. The van der Waals surface area contributed by atoms with Crippen LogP contribution in [-0.4, -0.2) is 34.9 Å². The topological polar surface area (TPSA) is 46.1 Å². The number of carbonyl (C=O) groups is 1. The summed E-state index contributed by atoms with van der Waals surface area (Å²) >= 11 is 0. The van der Waals surface area contributed by atoms with Gasteiger partial charge in [-0.2, -0.15) is 0 Å². The summed E-state index contributed by atoms with van der Waals surface area (Å²) in [6.45, 7) is 3.93. The Morgan fingerprint density at radius 3 is 2.60 bits per heavy atom. The van der Waals surface area contributed by atoms with Gasteiger partial charge >= 0.3 is 0 Å². The minimum Gasteiger partial charge on any atom is -0.345 e. The van der Waals surface area contributed by atoms with Crippen molar-refractivity contribution in [3.05, 3.63) is 23.3 Å². The Hall–Kier alpha value is -1.45. The fourth-order valence-electron chi connectivity index (χ4n) is 1.31. The number of hydrogen-bond donors (Lipinski definition) is 0. The van der Waals surface area contributed by atoms with E-state index in [1.165, 1.54) is 4.90 Å². The van der Waals surface area contributed by atoms with Crippen LogP contribution in [0, 0.1) is 6.92 Å². The van der Waals surface area contributed by atoms with Crippen molar-refractivity contribution < 1.29 is 4.79 Å². The molecule has 0 aliphatic carbocycles. The Balaban J connectivity index is 2.97. The molecule has 0 unspecified atom stereocenters. The molecule has 0 aromatic carbocycles. The zero-order valence-corrected chi connectivity index (χ0v) is 9.74. The molecule has 0 atom stereocenters. The second-order valence-electron chi connectivity index (χ2n) is 3.73. The maximum absolute atomic E-state index is 11.7. The Kier molecular flexibility index (Phi) is 3.77. The quantitative estimate of drug-likeness (QED) is 0.753. The molecule has 0 spiro atoms. The molecule has 0 aliphatic heterocycles. The van der Waals surface area contributed by atoms with E-state index in [0.717, 1.165) is 24.4 Å². The van der Waals surface area contributed by atoms with Crippen molar-refractivity contribution in [1.82, 2.24) is 14.9 Å². The van der Waals surface area contributed by atoms with Gasteiger partial charge in [-0.25, -0.2) is 9.97 Å². The number of nitrogens with zero attached hydrogens (tertiary/aromatic N) is 3. The summed E-state index contributed by atoms with van der Waals surface area (Å²) in [5.41, 5.74) is 1.34. The summed E-state index contributed by atoms with van der Waals surface area (Å²) in [6, 6.07) is 0. The molecule has 0 saturated heterocycles. The van der Waals surface area contributed by atoms with Crippen molar-refractivity contribution in [3.63, 3.8) is 0 Å². The fraction of sp³-hybridized carbons (Fsp3) is 0.545. The van der Waals surface area contributed by atoms with Gasteiger partial charge in [0.1, 0.15) is 5.82 Å². The lowest BCUT2D eigenvalue weighted by atomic mass is 10.2. The van der Waals surface area contributed by atoms with E-state index in [0.29, 0.717) is 5.56 Å². The molecule has 4 nitrogen and oxygen atoms in total.